The third-order valence-corrected chi connectivity index (χ3v) is 14.9. The Balaban J connectivity index is 4.05. The van der Waals surface area contributed by atoms with Crippen molar-refractivity contribution in [1.82, 2.24) is 0 Å². The maximum absolute atomic E-state index is 12.9. The maximum Gasteiger partial charge on any atom is 0.306 e. The Morgan fingerprint density at radius 3 is 0.757 bits per heavy atom. The Labute approximate surface area is 461 Å². The van der Waals surface area contributed by atoms with Gasteiger partial charge in [-0.2, -0.15) is 0 Å². The van der Waals surface area contributed by atoms with E-state index in [0.29, 0.717) is 19.3 Å². The molecule has 0 radical (unpaired) electrons. The molecule has 434 valence electrons. The molecule has 6 nitrogen and oxygen atoms in total. The first-order valence-electron chi connectivity index (χ1n) is 33.0. The zero-order valence-corrected chi connectivity index (χ0v) is 49.9. The maximum atomic E-state index is 12.9. The molecule has 0 aliphatic heterocycles. The van der Waals surface area contributed by atoms with Crippen LogP contribution in [0.3, 0.4) is 0 Å². The molecule has 0 N–H and O–H groups in total. The summed E-state index contributed by atoms with van der Waals surface area (Å²) in [4.78, 5) is 38.1. The lowest BCUT2D eigenvalue weighted by atomic mass is 10.0. The van der Waals surface area contributed by atoms with Crippen molar-refractivity contribution in [2.75, 3.05) is 13.2 Å². The van der Waals surface area contributed by atoms with E-state index < -0.39 is 6.10 Å². The standard InChI is InChI=1S/C68H126O6/c1-4-7-10-13-16-18-20-22-24-26-28-30-31-32-33-34-35-36-37-38-40-41-43-45-47-49-52-55-58-61-67(70)73-64-65(63-72-66(69)60-57-54-51-15-12-9-6-3)74-68(71)62-59-56-53-50-48-46-44-42-39-29-27-25-23-21-19-17-14-11-8-5-2/h20,22,26,28,31-32,65H,4-19,21,23-25,27,29-30,33-64H2,1-3H3/b22-20-,28-26-,32-31-. The van der Waals surface area contributed by atoms with E-state index in [1.807, 2.05) is 0 Å². The molecule has 0 aliphatic rings. The van der Waals surface area contributed by atoms with Crippen molar-refractivity contribution < 1.29 is 28.6 Å². The van der Waals surface area contributed by atoms with Gasteiger partial charge in [0.1, 0.15) is 13.2 Å². The zero-order valence-electron chi connectivity index (χ0n) is 49.9. The predicted octanol–water partition coefficient (Wildman–Crippen LogP) is 22.4. The molecular weight excluding hydrogens is 913 g/mol. The molecule has 0 saturated carbocycles. The van der Waals surface area contributed by atoms with Crippen LogP contribution in [0.15, 0.2) is 36.5 Å². The molecule has 0 aliphatic carbocycles. The van der Waals surface area contributed by atoms with E-state index in [1.54, 1.807) is 0 Å². The third kappa shape index (κ3) is 60.5. The van der Waals surface area contributed by atoms with Gasteiger partial charge in [0.05, 0.1) is 0 Å². The van der Waals surface area contributed by atoms with Gasteiger partial charge in [-0.3, -0.25) is 14.4 Å². The highest BCUT2D eigenvalue weighted by atomic mass is 16.6. The lowest BCUT2D eigenvalue weighted by Gasteiger charge is -2.18. The van der Waals surface area contributed by atoms with Gasteiger partial charge in [0.25, 0.3) is 0 Å². The normalized spacial score (nSPS) is 12.2. The zero-order chi connectivity index (χ0) is 53.6. The van der Waals surface area contributed by atoms with E-state index in [2.05, 4.69) is 57.2 Å². The van der Waals surface area contributed by atoms with Gasteiger partial charge < -0.3 is 14.2 Å². The number of unbranched alkanes of at least 4 members (excludes halogenated alkanes) is 44. The first kappa shape index (κ1) is 71.6. The van der Waals surface area contributed by atoms with Crippen molar-refractivity contribution in [3.8, 4) is 0 Å². The molecule has 6 heteroatoms. The molecule has 1 atom stereocenters. The van der Waals surface area contributed by atoms with Gasteiger partial charge in [-0.15, -0.1) is 0 Å². The molecule has 0 bridgehead atoms. The number of ether oxygens (including phenoxy) is 3. The Morgan fingerprint density at radius 1 is 0.270 bits per heavy atom. The Morgan fingerprint density at radius 2 is 0.486 bits per heavy atom. The van der Waals surface area contributed by atoms with Gasteiger partial charge in [-0.25, -0.2) is 0 Å². The van der Waals surface area contributed by atoms with Gasteiger partial charge in [-0.05, 0) is 57.8 Å². The van der Waals surface area contributed by atoms with Crippen LogP contribution in [0.2, 0.25) is 0 Å². The molecule has 0 heterocycles. The van der Waals surface area contributed by atoms with E-state index in [-0.39, 0.29) is 31.1 Å². The van der Waals surface area contributed by atoms with E-state index in [0.717, 1.165) is 70.6 Å². The van der Waals surface area contributed by atoms with Crippen molar-refractivity contribution in [3.05, 3.63) is 36.5 Å². The molecule has 0 fully saturated rings. The first-order chi connectivity index (χ1) is 36.5. The summed E-state index contributed by atoms with van der Waals surface area (Å²) in [6.07, 6.45) is 77.6. The number of rotatable bonds is 61. The quantitative estimate of drug-likeness (QED) is 0.0261. The highest BCUT2D eigenvalue weighted by Gasteiger charge is 2.19. The summed E-state index contributed by atoms with van der Waals surface area (Å²) >= 11 is 0. The summed E-state index contributed by atoms with van der Waals surface area (Å²) in [5.74, 6) is -0.850. The molecular formula is C68H126O6. The molecule has 0 saturated heterocycles. The van der Waals surface area contributed by atoms with Crippen molar-refractivity contribution in [2.24, 2.45) is 0 Å². The topological polar surface area (TPSA) is 78.9 Å². The number of hydrogen-bond acceptors (Lipinski definition) is 6. The molecule has 0 amide bonds. The van der Waals surface area contributed by atoms with E-state index in [9.17, 15) is 14.4 Å². The van der Waals surface area contributed by atoms with E-state index in [1.165, 1.54) is 250 Å². The molecule has 74 heavy (non-hydrogen) atoms. The van der Waals surface area contributed by atoms with Crippen LogP contribution < -0.4 is 0 Å². The molecule has 0 aromatic heterocycles. The third-order valence-electron chi connectivity index (χ3n) is 14.9. The van der Waals surface area contributed by atoms with Gasteiger partial charge in [0, 0.05) is 19.3 Å². The minimum absolute atomic E-state index is 0.0670. The van der Waals surface area contributed by atoms with Gasteiger partial charge in [0.2, 0.25) is 0 Å². The highest BCUT2D eigenvalue weighted by molar-refractivity contribution is 5.71. The minimum Gasteiger partial charge on any atom is -0.462 e. The Kier molecular flexibility index (Phi) is 61.1. The molecule has 0 aromatic carbocycles. The van der Waals surface area contributed by atoms with E-state index in [4.69, 9.17) is 14.2 Å². The number of carbonyl (C=O) groups excluding carboxylic acids is 3. The van der Waals surface area contributed by atoms with Gasteiger partial charge in [-0.1, -0.05) is 320 Å². The van der Waals surface area contributed by atoms with Crippen molar-refractivity contribution >= 4 is 17.9 Å². The lowest BCUT2D eigenvalue weighted by molar-refractivity contribution is -0.167. The van der Waals surface area contributed by atoms with Crippen molar-refractivity contribution in [3.63, 3.8) is 0 Å². The van der Waals surface area contributed by atoms with Crippen molar-refractivity contribution in [2.45, 2.75) is 367 Å². The average Bonchev–Trinajstić information content (AvgIpc) is 3.40. The summed E-state index contributed by atoms with van der Waals surface area (Å²) in [5, 5.41) is 0. The van der Waals surface area contributed by atoms with Crippen molar-refractivity contribution in [1.29, 1.82) is 0 Å². The monoisotopic (exact) mass is 1040 g/mol. The second kappa shape index (κ2) is 63.2. The highest BCUT2D eigenvalue weighted by Crippen LogP contribution is 2.18. The van der Waals surface area contributed by atoms with Gasteiger partial charge >= 0.3 is 17.9 Å². The number of carbonyl (C=O) groups is 3. The summed E-state index contributed by atoms with van der Waals surface area (Å²) in [7, 11) is 0. The van der Waals surface area contributed by atoms with Crippen LogP contribution in [0.1, 0.15) is 361 Å². The largest absolute Gasteiger partial charge is 0.462 e. The smallest absolute Gasteiger partial charge is 0.306 e. The number of hydrogen-bond donors (Lipinski definition) is 0. The molecule has 1 unspecified atom stereocenters. The van der Waals surface area contributed by atoms with Crippen LogP contribution in [0.4, 0.5) is 0 Å². The predicted molar refractivity (Wildman–Crippen MR) is 321 cm³/mol. The summed E-state index contributed by atoms with van der Waals surface area (Å²) < 4.78 is 16.9. The van der Waals surface area contributed by atoms with Crippen LogP contribution in [-0.4, -0.2) is 37.2 Å². The summed E-state index contributed by atoms with van der Waals surface area (Å²) in [5.41, 5.74) is 0. The van der Waals surface area contributed by atoms with E-state index >= 15 is 0 Å². The van der Waals surface area contributed by atoms with Crippen LogP contribution in [0.5, 0.6) is 0 Å². The summed E-state index contributed by atoms with van der Waals surface area (Å²) in [6.45, 7) is 6.65. The molecule has 0 spiro atoms. The number of esters is 3. The molecule has 0 aromatic rings. The fourth-order valence-electron chi connectivity index (χ4n) is 9.92. The minimum atomic E-state index is -0.766. The second-order valence-corrected chi connectivity index (χ2v) is 22.4. The van der Waals surface area contributed by atoms with Crippen LogP contribution in [-0.2, 0) is 28.6 Å². The van der Waals surface area contributed by atoms with Crippen LogP contribution in [0, 0.1) is 0 Å². The Hall–Kier alpha value is -2.37. The lowest BCUT2D eigenvalue weighted by Crippen LogP contribution is -2.30. The number of allylic oxidation sites excluding steroid dienone is 6. The average molecular weight is 1040 g/mol. The molecule has 0 rings (SSSR count). The van der Waals surface area contributed by atoms with Crippen LogP contribution >= 0.6 is 0 Å². The fourth-order valence-corrected chi connectivity index (χ4v) is 9.92. The second-order valence-electron chi connectivity index (χ2n) is 22.4. The SMILES string of the molecule is CCCCCCC/C=C\C/C=C\C/C=C\CCCCCCCCCCCCCCCCC(=O)OCC(COC(=O)CCCCCCCCC)OC(=O)CCCCCCCCCCCCCCCCCCCCCC. The summed E-state index contributed by atoms with van der Waals surface area (Å²) in [6, 6.07) is 0. The Bertz CT molecular complexity index is 1240. The van der Waals surface area contributed by atoms with Crippen LogP contribution in [0.25, 0.3) is 0 Å². The van der Waals surface area contributed by atoms with Gasteiger partial charge in [0.15, 0.2) is 6.10 Å². The fraction of sp³-hybridized carbons (Fsp3) is 0.868. The first-order valence-corrected chi connectivity index (χ1v) is 33.0.